The standard InChI is InChI=1S/C17H22BrNO2/c18-10-14-9-17(20)19(11-14)15-7-4-8-16(15)21-12-13-5-2-1-3-6-13/h1-3,5-6,14-16H,4,7-12H2. The first-order valence-corrected chi connectivity index (χ1v) is 8.91. The van der Waals surface area contributed by atoms with Gasteiger partial charge in [0.2, 0.25) is 5.91 Å². The summed E-state index contributed by atoms with van der Waals surface area (Å²) in [6.07, 6.45) is 4.20. The van der Waals surface area contributed by atoms with Gasteiger partial charge in [-0.05, 0) is 30.7 Å². The molecule has 1 saturated heterocycles. The zero-order valence-corrected chi connectivity index (χ0v) is 13.8. The first-order chi connectivity index (χ1) is 10.3. The molecule has 1 aromatic carbocycles. The fraction of sp³-hybridized carbons (Fsp3) is 0.588. The van der Waals surface area contributed by atoms with E-state index < -0.39 is 0 Å². The van der Waals surface area contributed by atoms with E-state index in [4.69, 9.17) is 4.74 Å². The molecule has 1 amide bonds. The van der Waals surface area contributed by atoms with Gasteiger partial charge in [0, 0.05) is 18.3 Å². The normalized spacial score (nSPS) is 29.3. The maximum Gasteiger partial charge on any atom is 0.223 e. The van der Waals surface area contributed by atoms with Gasteiger partial charge in [-0.15, -0.1) is 0 Å². The predicted octanol–water partition coefficient (Wildman–Crippen LogP) is 3.37. The Hall–Kier alpha value is -0.870. The molecule has 4 heteroatoms. The molecule has 1 aliphatic carbocycles. The Bertz CT molecular complexity index is 479. The van der Waals surface area contributed by atoms with Crippen molar-refractivity contribution < 1.29 is 9.53 Å². The molecule has 3 atom stereocenters. The van der Waals surface area contributed by atoms with Crippen molar-refractivity contribution >= 4 is 21.8 Å². The molecular weight excluding hydrogens is 330 g/mol. The van der Waals surface area contributed by atoms with Gasteiger partial charge in [0.1, 0.15) is 0 Å². The molecule has 114 valence electrons. The minimum Gasteiger partial charge on any atom is -0.371 e. The number of likely N-dealkylation sites (tertiary alicyclic amines) is 1. The van der Waals surface area contributed by atoms with Crippen LogP contribution in [0.15, 0.2) is 30.3 Å². The highest BCUT2D eigenvalue weighted by Crippen LogP contribution is 2.32. The van der Waals surface area contributed by atoms with Crippen molar-refractivity contribution in [1.29, 1.82) is 0 Å². The zero-order valence-electron chi connectivity index (χ0n) is 12.2. The summed E-state index contributed by atoms with van der Waals surface area (Å²) in [4.78, 5) is 14.3. The summed E-state index contributed by atoms with van der Waals surface area (Å²) < 4.78 is 6.13. The van der Waals surface area contributed by atoms with Crippen LogP contribution in [0.2, 0.25) is 0 Å². The van der Waals surface area contributed by atoms with Gasteiger partial charge in [0.05, 0.1) is 18.8 Å². The molecular formula is C17H22BrNO2. The molecule has 1 saturated carbocycles. The number of hydrogen-bond acceptors (Lipinski definition) is 2. The molecule has 0 spiro atoms. The predicted molar refractivity (Wildman–Crippen MR) is 86.3 cm³/mol. The fourth-order valence-electron chi connectivity index (χ4n) is 3.47. The maximum absolute atomic E-state index is 12.2. The highest BCUT2D eigenvalue weighted by molar-refractivity contribution is 9.09. The SMILES string of the molecule is O=C1CC(CBr)CN1C1CCCC1OCc1ccccc1. The minimum absolute atomic E-state index is 0.197. The molecule has 0 bridgehead atoms. The molecule has 3 rings (SSSR count). The molecule has 1 heterocycles. The third-order valence-corrected chi connectivity index (χ3v) is 5.50. The maximum atomic E-state index is 12.2. The van der Waals surface area contributed by atoms with Crippen LogP contribution in [0.25, 0.3) is 0 Å². The van der Waals surface area contributed by atoms with Gasteiger partial charge >= 0.3 is 0 Å². The van der Waals surface area contributed by atoms with E-state index >= 15 is 0 Å². The number of amides is 1. The van der Waals surface area contributed by atoms with Gasteiger partial charge in [-0.2, -0.15) is 0 Å². The zero-order chi connectivity index (χ0) is 14.7. The summed E-state index contributed by atoms with van der Waals surface area (Å²) >= 11 is 3.51. The summed E-state index contributed by atoms with van der Waals surface area (Å²) in [6.45, 7) is 1.53. The number of ether oxygens (including phenoxy) is 1. The van der Waals surface area contributed by atoms with Crippen molar-refractivity contribution in [2.24, 2.45) is 5.92 Å². The fourth-order valence-corrected chi connectivity index (χ4v) is 3.90. The van der Waals surface area contributed by atoms with E-state index in [0.717, 1.165) is 31.1 Å². The van der Waals surface area contributed by atoms with Gasteiger partial charge in [-0.1, -0.05) is 46.3 Å². The van der Waals surface area contributed by atoms with E-state index in [0.29, 0.717) is 24.9 Å². The molecule has 21 heavy (non-hydrogen) atoms. The summed E-state index contributed by atoms with van der Waals surface area (Å²) in [6, 6.07) is 10.6. The molecule has 0 radical (unpaired) electrons. The van der Waals surface area contributed by atoms with Crippen LogP contribution in [-0.4, -0.2) is 34.8 Å². The second-order valence-corrected chi connectivity index (χ2v) is 6.75. The van der Waals surface area contributed by atoms with Crippen LogP contribution in [0.1, 0.15) is 31.2 Å². The van der Waals surface area contributed by atoms with Crippen molar-refractivity contribution in [2.75, 3.05) is 11.9 Å². The third-order valence-electron chi connectivity index (χ3n) is 4.58. The second-order valence-electron chi connectivity index (χ2n) is 6.10. The Morgan fingerprint density at radius 3 is 2.76 bits per heavy atom. The Morgan fingerprint density at radius 1 is 1.24 bits per heavy atom. The summed E-state index contributed by atoms with van der Waals surface area (Å²) in [5, 5.41) is 0.914. The summed E-state index contributed by atoms with van der Waals surface area (Å²) in [7, 11) is 0. The van der Waals surface area contributed by atoms with Crippen LogP contribution >= 0.6 is 15.9 Å². The van der Waals surface area contributed by atoms with Crippen LogP contribution in [0, 0.1) is 5.92 Å². The van der Waals surface area contributed by atoms with E-state index in [1.807, 2.05) is 18.2 Å². The molecule has 1 aromatic rings. The second kappa shape index (κ2) is 6.93. The van der Waals surface area contributed by atoms with E-state index in [-0.39, 0.29) is 12.1 Å². The Kier molecular flexibility index (Phi) is 4.96. The quantitative estimate of drug-likeness (QED) is 0.761. The molecule has 3 unspecified atom stereocenters. The highest BCUT2D eigenvalue weighted by atomic mass is 79.9. The van der Waals surface area contributed by atoms with Crippen molar-refractivity contribution in [2.45, 2.75) is 44.4 Å². The molecule has 2 fully saturated rings. The van der Waals surface area contributed by atoms with Crippen LogP contribution in [0.4, 0.5) is 0 Å². The van der Waals surface area contributed by atoms with Crippen molar-refractivity contribution in [3.05, 3.63) is 35.9 Å². The van der Waals surface area contributed by atoms with Gasteiger partial charge in [-0.3, -0.25) is 4.79 Å². The lowest BCUT2D eigenvalue weighted by Crippen LogP contribution is -2.42. The van der Waals surface area contributed by atoms with E-state index in [9.17, 15) is 4.79 Å². The summed E-state index contributed by atoms with van der Waals surface area (Å²) in [5.41, 5.74) is 1.20. The number of rotatable bonds is 5. The molecule has 0 N–H and O–H groups in total. The monoisotopic (exact) mass is 351 g/mol. The first kappa shape index (κ1) is 15.0. The average molecular weight is 352 g/mol. The highest BCUT2D eigenvalue weighted by Gasteiger charge is 2.40. The van der Waals surface area contributed by atoms with Crippen molar-refractivity contribution in [1.82, 2.24) is 4.90 Å². The molecule has 1 aliphatic heterocycles. The summed E-state index contributed by atoms with van der Waals surface area (Å²) in [5.74, 6) is 0.771. The lowest BCUT2D eigenvalue weighted by molar-refractivity contribution is -0.132. The van der Waals surface area contributed by atoms with Crippen molar-refractivity contribution in [3.8, 4) is 0 Å². The number of alkyl halides is 1. The average Bonchev–Trinajstić information content (AvgIpc) is 3.12. The number of hydrogen-bond donors (Lipinski definition) is 0. The van der Waals surface area contributed by atoms with Gasteiger partial charge in [0.15, 0.2) is 0 Å². The topological polar surface area (TPSA) is 29.5 Å². The van der Waals surface area contributed by atoms with Crippen LogP contribution in [0.5, 0.6) is 0 Å². The first-order valence-electron chi connectivity index (χ1n) is 7.79. The Morgan fingerprint density at radius 2 is 2.05 bits per heavy atom. The molecule has 0 aromatic heterocycles. The lowest BCUT2D eigenvalue weighted by atomic mass is 10.1. The number of benzene rings is 1. The lowest BCUT2D eigenvalue weighted by Gasteiger charge is -2.29. The minimum atomic E-state index is 0.197. The molecule has 2 aliphatic rings. The number of carbonyl (C=O) groups excluding carboxylic acids is 1. The van der Waals surface area contributed by atoms with Crippen LogP contribution in [0.3, 0.4) is 0 Å². The van der Waals surface area contributed by atoms with E-state index in [1.54, 1.807) is 0 Å². The van der Waals surface area contributed by atoms with Crippen LogP contribution < -0.4 is 0 Å². The van der Waals surface area contributed by atoms with Gasteiger partial charge in [0.25, 0.3) is 0 Å². The number of halogens is 1. The van der Waals surface area contributed by atoms with Gasteiger partial charge in [-0.25, -0.2) is 0 Å². The molecule has 3 nitrogen and oxygen atoms in total. The smallest absolute Gasteiger partial charge is 0.223 e. The van der Waals surface area contributed by atoms with E-state index in [2.05, 4.69) is 33.0 Å². The van der Waals surface area contributed by atoms with E-state index in [1.165, 1.54) is 5.56 Å². The number of carbonyl (C=O) groups is 1. The number of nitrogens with zero attached hydrogens (tertiary/aromatic N) is 1. The Labute approximate surface area is 134 Å². The van der Waals surface area contributed by atoms with Crippen LogP contribution in [-0.2, 0) is 16.1 Å². The van der Waals surface area contributed by atoms with Crippen molar-refractivity contribution in [3.63, 3.8) is 0 Å². The largest absolute Gasteiger partial charge is 0.371 e. The van der Waals surface area contributed by atoms with Gasteiger partial charge < -0.3 is 9.64 Å². The third kappa shape index (κ3) is 3.49. The Balaban J connectivity index is 1.59.